The monoisotopic (exact) mass is 237 g/mol. The summed E-state index contributed by atoms with van der Waals surface area (Å²) in [6, 6.07) is 6.69. The Labute approximate surface area is 99.7 Å². The Morgan fingerprint density at radius 3 is 2.65 bits per heavy atom. The van der Waals surface area contributed by atoms with Gasteiger partial charge < -0.3 is 14.8 Å². The van der Waals surface area contributed by atoms with Gasteiger partial charge in [0.05, 0.1) is 7.11 Å². The first-order valence-electron chi connectivity index (χ1n) is 5.25. The Balaban J connectivity index is 2.61. The van der Waals surface area contributed by atoms with Crippen LogP contribution in [-0.2, 0) is 9.53 Å². The average molecular weight is 237 g/mol. The Morgan fingerprint density at radius 2 is 2.00 bits per heavy atom. The van der Waals surface area contributed by atoms with E-state index < -0.39 is 5.97 Å². The lowest BCUT2D eigenvalue weighted by Crippen LogP contribution is -2.28. The topological polar surface area (TPSA) is 64.6 Å². The predicted octanol–water partition coefficient (Wildman–Crippen LogP) is 0.988. The first-order valence-corrected chi connectivity index (χ1v) is 5.25. The van der Waals surface area contributed by atoms with Gasteiger partial charge in [-0.15, -0.1) is 0 Å². The Bertz CT molecular complexity index is 403. The van der Waals surface area contributed by atoms with Crippen LogP contribution in [0.3, 0.4) is 0 Å². The molecular formula is C12H15NO4. The normalized spacial score (nSPS) is 9.53. The second-order valence-electron chi connectivity index (χ2n) is 3.23. The molecule has 0 aliphatic rings. The highest BCUT2D eigenvalue weighted by molar-refractivity contribution is 5.93. The molecule has 0 heterocycles. The van der Waals surface area contributed by atoms with Crippen LogP contribution in [-0.4, -0.2) is 32.1 Å². The summed E-state index contributed by atoms with van der Waals surface area (Å²) in [6.45, 7) is 2.01. The highest BCUT2D eigenvalue weighted by Gasteiger charge is 2.14. The Morgan fingerprint density at radius 1 is 1.29 bits per heavy atom. The quantitative estimate of drug-likeness (QED) is 0.775. The van der Waals surface area contributed by atoms with Crippen molar-refractivity contribution >= 4 is 11.9 Å². The van der Waals surface area contributed by atoms with E-state index in [0.717, 1.165) is 0 Å². The van der Waals surface area contributed by atoms with Crippen molar-refractivity contribution in [3.05, 3.63) is 29.8 Å². The van der Waals surface area contributed by atoms with Gasteiger partial charge in [-0.2, -0.15) is 0 Å². The van der Waals surface area contributed by atoms with Gasteiger partial charge in [-0.05, 0) is 19.1 Å². The lowest BCUT2D eigenvalue weighted by Gasteiger charge is -2.08. The van der Waals surface area contributed by atoms with Crippen LogP contribution in [0.1, 0.15) is 17.3 Å². The van der Waals surface area contributed by atoms with Crippen molar-refractivity contribution in [3.63, 3.8) is 0 Å². The molecule has 1 rings (SSSR count). The molecule has 5 heteroatoms. The van der Waals surface area contributed by atoms with Crippen molar-refractivity contribution in [2.45, 2.75) is 6.92 Å². The van der Waals surface area contributed by atoms with Crippen molar-refractivity contribution in [3.8, 4) is 5.75 Å². The zero-order chi connectivity index (χ0) is 12.7. The summed E-state index contributed by atoms with van der Waals surface area (Å²) in [5.74, 6) is -0.474. The molecule has 92 valence electrons. The highest BCUT2D eigenvalue weighted by atomic mass is 16.5. The van der Waals surface area contributed by atoms with E-state index in [9.17, 15) is 9.59 Å². The summed E-state index contributed by atoms with van der Waals surface area (Å²) >= 11 is 0. The van der Waals surface area contributed by atoms with Gasteiger partial charge in [-0.3, -0.25) is 4.79 Å². The number of carbonyl (C=O) groups excluding carboxylic acids is 2. The maximum Gasteiger partial charge on any atom is 0.342 e. The van der Waals surface area contributed by atoms with Crippen molar-refractivity contribution in [2.24, 2.45) is 0 Å². The molecule has 0 saturated carbocycles. The summed E-state index contributed by atoms with van der Waals surface area (Å²) in [4.78, 5) is 22.8. The molecule has 1 aromatic carbocycles. The maximum absolute atomic E-state index is 11.7. The lowest BCUT2D eigenvalue weighted by molar-refractivity contribution is -0.124. The molecule has 5 nitrogen and oxygen atoms in total. The Hall–Kier alpha value is -2.04. The average Bonchev–Trinajstić information content (AvgIpc) is 2.36. The number of hydrogen-bond donors (Lipinski definition) is 1. The second-order valence-corrected chi connectivity index (χ2v) is 3.23. The number of methoxy groups -OCH3 is 1. The van der Waals surface area contributed by atoms with Gasteiger partial charge in [0.2, 0.25) is 0 Å². The molecule has 0 spiro atoms. The number of ether oxygens (including phenoxy) is 2. The first kappa shape index (κ1) is 13.0. The Kier molecular flexibility index (Phi) is 5.00. The molecule has 17 heavy (non-hydrogen) atoms. The number of esters is 1. The first-order chi connectivity index (χ1) is 8.19. The number of nitrogens with one attached hydrogen (secondary N) is 1. The summed E-state index contributed by atoms with van der Waals surface area (Å²) in [5, 5.41) is 2.53. The lowest BCUT2D eigenvalue weighted by atomic mass is 10.2. The van der Waals surface area contributed by atoms with E-state index in [1.807, 2.05) is 0 Å². The summed E-state index contributed by atoms with van der Waals surface area (Å²) in [7, 11) is 1.47. The number of amides is 1. The van der Waals surface area contributed by atoms with Crippen LogP contribution in [0.2, 0.25) is 0 Å². The molecule has 0 radical (unpaired) electrons. The molecule has 1 amide bonds. The van der Waals surface area contributed by atoms with Crippen LogP contribution in [0.15, 0.2) is 24.3 Å². The smallest absolute Gasteiger partial charge is 0.342 e. The molecule has 1 N–H and O–H groups in total. The summed E-state index contributed by atoms with van der Waals surface area (Å²) in [6.07, 6.45) is 0. The SMILES string of the molecule is CCNC(=O)COC(=O)c1ccccc1OC. The van der Waals surface area contributed by atoms with Crippen molar-refractivity contribution < 1.29 is 19.1 Å². The third-order valence-electron chi connectivity index (χ3n) is 2.04. The largest absolute Gasteiger partial charge is 0.496 e. The number of likely N-dealkylation sites (N-methyl/N-ethyl adjacent to an activating group) is 1. The molecule has 0 unspecified atom stereocenters. The third-order valence-corrected chi connectivity index (χ3v) is 2.04. The fraction of sp³-hybridized carbons (Fsp3) is 0.333. The minimum Gasteiger partial charge on any atom is -0.496 e. The molecule has 0 atom stereocenters. The van der Waals surface area contributed by atoms with Crippen LogP contribution in [0.25, 0.3) is 0 Å². The summed E-state index contributed by atoms with van der Waals surface area (Å²) < 4.78 is 9.87. The molecule has 0 aromatic heterocycles. The zero-order valence-electron chi connectivity index (χ0n) is 9.86. The minimum atomic E-state index is -0.575. The molecule has 1 aromatic rings. The van der Waals surface area contributed by atoms with E-state index in [1.54, 1.807) is 31.2 Å². The van der Waals surface area contributed by atoms with Gasteiger partial charge in [0.1, 0.15) is 11.3 Å². The van der Waals surface area contributed by atoms with E-state index in [1.165, 1.54) is 7.11 Å². The van der Waals surface area contributed by atoms with Crippen LogP contribution in [0.5, 0.6) is 5.75 Å². The van der Waals surface area contributed by atoms with Crippen LogP contribution >= 0.6 is 0 Å². The van der Waals surface area contributed by atoms with Gasteiger partial charge in [-0.1, -0.05) is 12.1 Å². The van der Waals surface area contributed by atoms with E-state index in [2.05, 4.69) is 5.32 Å². The minimum absolute atomic E-state index is 0.287. The van der Waals surface area contributed by atoms with Gasteiger partial charge in [0.15, 0.2) is 6.61 Å². The summed E-state index contributed by atoms with van der Waals surface area (Å²) in [5.41, 5.74) is 0.305. The van der Waals surface area contributed by atoms with Gasteiger partial charge in [-0.25, -0.2) is 4.79 Å². The van der Waals surface area contributed by atoms with Crippen LogP contribution in [0.4, 0.5) is 0 Å². The number of benzene rings is 1. The van der Waals surface area contributed by atoms with E-state index in [-0.39, 0.29) is 12.5 Å². The van der Waals surface area contributed by atoms with Crippen LogP contribution < -0.4 is 10.1 Å². The van der Waals surface area contributed by atoms with Gasteiger partial charge in [0, 0.05) is 6.54 Å². The van der Waals surface area contributed by atoms with Crippen LogP contribution in [0, 0.1) is 0 Å². The third kappa shape index (κ3) is 3.79. The number of para-hydroxylation sites is 1. The highest BCUT2D eigenvalue weighted by Crippen LogP contribution is 2.17. The van der Waals surface area contributed by atoms with E-state index >= 15 is 0 Å². The van der Waals surface area contributed by atoms with Gasteiger partial charge >= 0.3 is 5.97 Å². The molecule has 0 bridgehead atoms. The van der Waals surface area contributed by atoms with Crippen molar-refractivity contribution in [1.29, 1.82) is 0 Å². The predicted molar refractivity (Wildman–Crippen MR) is 62.0 cm³/mol. The number of rotatable bonds is 5. The number of carbonyl (C=O) groups is 2. The number of hydrogen-bond acceptors (Lipinski definition) is 4. The molecule has 0 saturated heterocycles. The molecule has 0 fully saturated rings. The van der Waals surface area contributed by atoms with E-state index in [0.29, 0.717) is 17.9 Å². The van der Waals surface area contributed by atoms with Crippen molar-refractivity contribution in [1.82, 2.24) is 5.32 Å². The second kappa shape index (κ2) is 6.52. The van der Waals surface area contributed by atoms with Crippen molar-refractivity contribution in [2.75, 3.05) is 20.3 Å². The maximum atomic E-state index is 11.7. The molecular weight excluding hydrogens is 222 g/mol. The van der Waals surface area contributed by atoms with Gasteiger partial charge in [0.25, 0.3) is 5.91 Å². The molecule has 0 aliphatic heterocycles. The molecule has 0 aliphatic carbocycles. The fourth-order valence-corrected chi connectivity index (χ4v) is 1.27. The van der Waals surface area contributed by atoms with E-state index in [4.69, 9.17) is 9.47 Å². The zero-order valence-corrected chi connectivity index (χ0v) is 9.86. The standard InChI is InChI=1S/C12H15NO4/c1-3-13-11(14)8-17-12(15)9-6-4-5-7-10(9)16-2/h4-7H,3,8H2,1-2H3,(H,13,14). The fourth-order valence-electron chi connectivity index (χ4n) is 1.27.